The molecule has 3 aromatic rings. The lowest BCUT2D eigenvalue weighted by Gasteiger charge is -2.23. The molecule has 0 atom stereocenters. The first-order chi connectivity index (χ1) is 10.1. The first-order valence-corrected chi connectivity index (χ1v) is 7.57. The van der Waals surface area contributed by atoms with Crippen LogP contribution in [0.1, 0.15) is 13.8 Å². The number of rotatable bonds is 5. The number of hydrogen-bond donors (Lipinski definition) is 1. The van der Waals surface area contributed by atoms with Gasteiger partial charge in [0, 0.05) is 24.6 Å². The van der Waals surface area contributed by atoms with Crippen molar-refractivity contribution in [2.75, 3.05) is 19.0 Å². The lowest BCUT2D eigenvalue weighted by atomic mass is 10.1. The maximum Gasteiger partial charge on any atom is 0.186 e. The van der Waals surface area contributed by atoms with Crippen molar-refractivity contribution in [2.45, 2.75) is 19.4 Å². The largest absolute Gasteiger partial charge is 0.377 e. The molecule has 0 aliphatic heterocycles. The number of fused-ring (bicyclic) bond motifs is 1. The van der Waals surface area contributed by atoms with Gasteiger partial charge in [0.25, 0.3) is 0 Å². The number of thiophene rings is 1. The highest BCUT2D eigenvalue weighted by Crippen LogP contribution is 2.21. The van der Waals surface area contributed by atoms with Gasteiger partial charge in [-0.3, -0.25) is 0 Å². The van der Waals surface area contributed by atoms with E-state index in [2.05, 4.69) is 20.6 Å². The highest BCUT2D eigenvalue weighted by Gasteiger charge is 2.16. The van der Waals surface area contributed by atoms with Gasteiger partial charge in [0.2, 0.25) is 0 Å². The fourth-order valence-corrected chi connectivity index (χ4v) is 2.46. The van der Waals surface area contributed by atoms with E-state index >= 15 is 0 Å². The van der Waals surface area contributed by atoms with Gasteiger partial charge in [0.15, 0.2) is 11.5 Å². The minimum absolute atomic E-state index is 0.250. The van der Waals surface area contributed by atoms with Crippen LogP contribution in [0.25, 0.3) is 17.0 Å². The molecule has 3 aromatic heterocycles. The molecule has 3 rings (SSSR count). The third-order valence-electron chi connectivity index (χ3n) is 3.29. The van der Waals surface area contributed by atoms with E-state index in [4.69, 9.17) is 4.74 Å². The maximum atomic E-state index is 5.39. The smallest absolute Gasteiger partial charge is 0.186 e. The van der Waals surface area contributed by atoms with Crippen molar-refractivity contribution in [2.24, 2.45) is 0 Å². The van der Waals surface area contributed by atoms with Gasteiger partial charge in [-0.05, 0) is 37.4 Å². The number of nitrogens with one attached hydrogen (secondary N) is 1. The number of anilines is 1. The molecule has 0 saturated heterocycles. The summed E-state index contributed by atoms with van der Waals surface area (Å²) in [5.74, 6) is 1.52. The van der Waals surface area contributed by atoms with Crippen molar-refractivity contribution in [3.63, 3.8) is 0 Å². The molecule has 0 bridgehead atoms. The van der Waals surface area contributed by atoms with Crippen molar-refractivity contribution >= 4 is 22.8 Å². The van der Waals surface area contributed by atoms with Gasteiger partial charge in [-0.2, -0.15) is 15.9 Å². The maximum absolute atomic E-state index is 5.39. The van der Waals surface area contributed by atoms with Crippen LogP contribution in [0.2, 0.25) is 0 Å². The Hall–Kier alpha value is -1.99. The zero-order valence-electron chi connectivity index (χ0n) is 12.2. The van der Waals surface area contributed by atoms with Crippen LogP contribution in [-0.4, -0.2) is 39.1 Å². The zero-order valence-corrected chi connectivity index (χ0v) is 13.0. The van der Waals surface area contributed by atoms with Crippen molar-refractivity contribution < 1.29 is 4.74 Å². The summed E-state index contributed by atoms with van der Waals surface area (Å²) in [7, 11) is 1.70. The molecule has 1 N–H and O–H groups in total. The van der Waals surface area contributed by atoms with Crippen LogP contribution in [0.15, 0.2) is 29.0 Å². The predicted molar refractivity (Wildman–Crippen MR) is 83.7 cm³/mol. The SMILES string of the molecule is COC(C)(C)CNc1ccc2nnc(-c3ccsc3)n2n1. The summed E-state index contributed by atoms with van der Waals surface area (Å²) in [6.45, 7) is 4.71. The fourth-order valence-electron chi connectivity index (χ4n) is 1.83. The van der Waals surface area contributed by atoms with E-state index in [0.717, 1.165) is 22.9 Å². The van der Waals surface area contributed by atoms with Crippen LogP contribution in [0.3, 0.4) is 0 Å². The van der Waals surface area contributed by atoms with Gasteiger partial charge in [-0.15, -0.1) is 15.3 Å². The van der Waals surface area contributed by atoms with Gasteiger partial charge in [-0.1, -0.05) is 0 Å². The monoisotopic (exact) mass is 303 g/mol. The third-order valence-corrected chi connectivity index (χ3v) is 3.97. The molecule has 3 heterocycles. The number of hydrogen-bond acceptors (Lipinski definition) is 6. The first kappa shape index (κ1) is 14.0. The van der Waals surface area contributed by atoms with Gasteiger partial charge in [-0.25, -0.2) is 0 Å². The average Bonchev–Trinajstić information content (AvgIpc) is 3.13. The second kappa shape index (κ2) is 5.42. The summed E-state index contributed by atoms with van der Waals surface area (Å²) in [5.41, 5.74) is 1.50. The molecule has 110 valence electrons. The molecule has 0 aliphatic rings. The van der Waals surface area contributed by atoms with Crippen LogP contribution in [-0.2, 0) is 4.74 Å². The van der Waals surface area contributed by atoms with E-state index in [9.17, 15) is 0 Å². The van der Waals surface area contributed by atoms with E-state index < -0.39 is 0 Å². The molecule has 0 aromatic carbocycles. The van der Waals surface area contributed by atoms with Crippen LogP contribution >= 0.6 is 11.3 Å². The molecule has 21 heavy (non-hydrogen) atoms. The van der Waals surface area contributed by atoms with Crippen molar-refractivity contribution in [1.29, 1.82) is 0 Å². The van der Waals surface area contributed by atoms with Crippen molar-refractivity contribution in [3.05, 3.63) is 29.0 Å². The molecule has 0 spiro atoms. The van der Waals surface area contributed by atoms with Gasteiger partial charge < -0.3 is 10.1 Å². The minimum atomic E-state index is -0.250. The van der Waals surface area contributed by atoms with Gasteiger partial charge in [0.05, 0.1) is 5.60 Å². The standard InChI is InChI=1S/C14H17N5OS/c1-14(2,20-3)9-15-11-4-5-12-16-17-13(19(12)18-11)10-6-7-21-8-10/h4-8H,9H2,1-3H3,(H,15,18). The Balaban J connectivity index is 1.90. The average molecular weight is 303 g/mol. The Labute approximate surface area is 126 Å². The summed E-state index contributed by atoms with van der Waals surface area (Å²) >= 11 is 1.63. The number of ether oxygens (including phenoxy) is 1. The van der Waals surface area contributed by atoms with E-state index in [1.165, 1.54) is 0 Å². The van der Waals surface area contributed by atoms with E-state index in [1.54, 1.807) is 23.0 Å². The van der Waals surface area contributed by atoms with Crippen LogP contribution < -0.4 is 5.32 Å². The minimum Gasteiger partial charge on any atom is -0.377 e. The van der Waals surface area contributed by atoms with Crippen molar-refractivity contribution in [3.8, 4) is 11.4 Å². The molecule has 0 amide bonds. The highest BCUT2D eigenvalue weighted by atomic mass is 32.1. The summed E-state index contributed by atoms with van der Waals surface area (Å²) in [6, 6.07) is 5.81. The topological polar surface area (TPSA) is 64.3 Å². The van der Waals surface area contributed by atoms with E-state index in [1.807, 2.05) is 42.8 Å². The normalized spacial score (nSPS) is 12.0. The van der Waals surface area contributed by atoms with Crippen LogP contribution in [0, 0.1) is 0 Å². The molecule has 7 heteroatoms. The van der Waals surface area contributed by atoms with E-state index in [-0.39, 0.29) is 5.60 Å². The predicted octanol–water partition coefficient (Wildman–Crippen LogP) is 2.69. The van der Waals surface area contributed by atoms with Gasteiger partial charge >= 0.3 is 0 Å². The summed E-state index contributed by atoms with van der Waals surface area (Å²) in [5, 5.41) is 20.2. The molecule has 0 fully saturated rings. The fraction of sp³-hybridized carbons (Fsp3) is 0.357. The summed E-state index contributed by atoms with van der Waals surface area (Å²) < 4.78 is 7.15. The molecular formula is C14H17N5OS. The van der Waals surface area contributed by atoms with Crippen LogP contribution in [0.4, 0.5) is 5.82 Å². The number of methoxy groups -OCH3 is 1. The van der Waals surface area contributed by atoms with Crippen LogP contribution in [0.5, 0.6) is 0 Å². The summed E-state index contributed by atoms with van der Waals surface area (Å²) in [4.78, 5) is 0. The lowest BCUT2D eigenvalue weighted by Crippen LogP contribution is -2.32. The Morgan fingerprint density at radius 3 is 2.86 bits per heavy atom. The molecule has 0 aliphatic carbocycles. The van der Waals surface area contributed by atoms with Crippen molar-refractivity contribution in [1.82, 2.24) is 19.8 Å². The Morgan fingerprint density at radius 2 is 2.14 bits per heavy atom. The lowest BCUT2D eigenvalue weighted by molar-refractivity contribution is 0.0343. The van der Waals surface area contributed by atoms with Gasteiger partial charge in [0.1, 0.15) is 5.82 Å². The highest BCUT2D eigenvalue weighted by molar-refractivity contribution is 7.08. The Kier molecular flexibility index (Phi) is 3.60. The Bertz CT molecular complexity index is 735. The first-order valence-electron chi connectivity index (χ1n) is 6.63. The quantitative estimate of drug-likeness (QED) is 0.785. The number of aromatic nitrogens is 4. The molecular weight excluding hydrogens is 286 g/mol. The molecule has 0 unspecified atom stereocenters. The zero-order chi connectivity index (χ0) is 14.9. The molecule has 0 radical (unpaired) electrons. The third kappa shape index (κ3) is 2.88. The molecule has 6 nitrogen and oxygen atoms in total. The Morgan fingerprint density at radius 1 is 1.29 bits per heavy atom. The van der Waals surface area contributed by atoms with E-state index in [0.29, 0.717) is 6.54 Å². The second-order valence-corrected chi connectivity index (χ2v) is 6.12. The molecule has 0 saturated carbocycles. The number of nitrogens with zero attached hydrogens (tertiary/aromatic N) is 4. The summed E-state index contributed by atoms with van der Waals surface area (Å²) in [6.07, 6.45) is 0. The second-order valence-electron chi connectivity index (χ2n) is 5.34.